The first-order valence-electron chi connectivity index (χ1n) is 2.81. The summed E-state index contributed by atoms with van der Waals surface area (Å²) in [6.07, 6.45) is 4.74. The molecule has 0 saturated carbocycles. The summed E-state index contributed by atoms with van der Waals surface area (Å²) < 4.78 is 0. The van der Waals surface area contributed by atoms with E-state index in [1.54, 1.807) is 0 Å². The van der Waals surface area contributed by atoms with Gasteiger partial charge in [0.1, 0.15) is 0 Å². The van der Waals surface area contributed by atoms with Crippen molar-refractivity contribution in [2.45, 2.75) is 20.8 Å². The normalized spacial score (nSPS) is 11.4. The molecule has 0 atom stereocenters. The van der Waals surface area contributed by atoms with Crippen LogP contribution >= 0.6 is 0 Å². The maximum Gasteiger partial charge on any atom is 0.239 e. The molecule has 0 aromatic heterocycles. The van der Waals surface area contributed by atoms with Crippen LogP contribution in [0.15, 0.2) is 17.3 Å². The molecule has 0 radical (unpaired) electrons. The summed E-state index contributed by atoms with van der Waals surface area (Å²) in [5.41, 5.74) is 0.0976. The van der Waals surface area contributed by atoms with Gasteiger partial charge in [-0.05, 0) is 5.41 Å². The first-order chi connectivity index (χ1) is 4.06. The maximum absolute atomic E-state index is 9.55. The van der Waals surface area contributed by atoms with E-state index in [0.717, 1.165) is 0 Å². The van der Waals surface area contributed by atoms with Crippen molar-refractivity contribution in [2.24, 2.45) is 10.4 Å². The predicted octanol–water partition coefficient (Wildman–Crippen LogP) is 1.88. The Morgan fingerprint density at radius 1 is 1.44 bits per heavy atom. The third-order valence-corrected chi connectivity index (χ3v) is 0.702. The number of isocyanates is 1. The van der Waals surface area contributed by atoms with Crippen molar-refractivity contribution in [1.29, 1.82) is 0 Å². The molecule has 0 unspecified atom stereocenters. The number of nitrogens with zero attached hydrogens (tertiary/aromatic N) is 1. The molecule has 0 amide bonds. The Bertz CT molecular complexity index is 147. The Morgan fingerprint density at radius 2 is 2.00 bits per heavy atom. The van der Waals surface area contributed by atoms with Crippen LogP contribution in [-0.4, -0.2) is 6.08 Å². The van der Waals surface area contributed by atoms with Crippen LogP contribution in [0.3, 0.4) is 0 Å². The summed E-state index contributed by atoms with van der Waals surface area (Å²) in [6, 6.07) is 0. The SMILES string of the molecule is CC(C)(C)C=CN=C=O. The van der Waals surface area contributed by atoms with Crippen LogP contribution in [0.2, 0.25) is 0 Å². The largest absolute Gasteiger partial charge is 0.239 e. The minimum absolute atomic E-state index is 0.0976. The zero-order valence-corrected chi connectivity index (χ0v) is 6.01. The lowest BCUT2D eigenvalue weighted by molar-refractivity contribution is 0.542. The van der Waals surface area contributed by atoms with Crippen LogP contribution in [0.25, 0.3) is 0 Å². The number of hydrogen-bond acceptors (Lipinski definition) is 2. The Labute approximate surface area is 55.3 Å². The highest BCUT2D eigenvalue weighted by Crippen LogP contribution is 2.13. The van der Waals surface area contributed by atoms with Gasteiger partial charge in [-0.3, -0.25) is 0 Å². The van der Waals surface area contributed by atoms with Crippen LogP contribution in [0.4, 0.5) is 0 Å². The fourth-order valence-corrected chi connectivity index (χ4v) is 0.291. The molecule has 0 saturated heterocycles. The highest BCUT2D eigenvalue weighted by molar-refractivity contribution is 5.34. The Kier molecular flexibility index (Phi) is 2.89. The third-order valence-electron chi connectivity index (χ3n) is 0.702. The van der Waals surface area contributed by atoms with E-state index in [2.05, 4.69) is 4.99 Å². The van der Waals surface area contributed by atoms with Crippen molar-refractivity contribution in [3.8, 4) is 0 Å². The number of rotatable bonds is 1. The number of carbonyl (C=O) groups excluding carboxylic acids is 1. The summed E-state index contributed by atoms with van der Waals surface area (Å²) in [4.78, 5) is 12.8. The number of aliphatic imine (C=N–C) groups is 1. The summed E-state index contributed by atoms with van der Waals surface area (Å²) in [6.45, 7) is 6.09. The molecular weight excluding hydrogens is 114 g/mol. The van der Waals surface area contributed by atoms with Crippen molar-refractivity contribution in [3.63, 3.8) is 0 Å². The average Bonchev–Trinajstić information content (AvgIpc) is 1.63. The van der Waals surface area contributed by atoms with E-state index < -0.39 is 0 Å². The molecule has 0 heterocycles. The number of allylic oxidation sites excluding steroid dienone is 1. The fraction of sp³-hybridized carbons (Fsp3) is 0.571. The molecule has 0 aliphatic carbocycles. The minimum atomic E-state index is 0.0976. The summed E-state index contributed by atoms with van der Waals surface area (Å²) in [7, 11) is 0. The van der Waals surface area contributed by atoms with Gasteiger partial charge in [0.05, 0.1) is 0 Å². The van der Waals surface area contributed by atoms with E-state index in [1.807, 2.05) is 26.8 Å². The molecule has 9 heavy (non-hydrogen) atoms. The van der Waals surface area contributed by atoms with Crippen LogP contribution in [-0.2, 0) is 4.79 Å². The molecule has 0 aromatic carbocycles. The molecule has 0 aliphatic rings. The third kappa shape index (κ3) is 7.12. The van der Waals surface area contributed by atoms with Gasteiger partial charge in [-0.15, -0.1) is 0 Å². The second-order valence-electron chi connectivity index (χ2n) is 2.90. The summed E-state index contributed by atoms with van der Waals surface area (Å²) in [5.74, 6) is 0. The van der Waals surface area contributed by atoms with E-state index in [4.69, 9.17) is 0 Å². The van der Waals surface area contributed by atoms with E-state index in [1.165, 1.54) is 12.3 Å². The van der Waals surface area contributed by atoms with Gasteiger partial charge in [0, 0.05) is 6.20 Å². The molecule has 50 valence electrons. The van der Waals surface area contributed by atoms with E-state index in [0.29, 0.717) is 0 Å². The quantitative estimate of drug-likeness (QED) is 0.388. The molecule has 0 spiro atoms. The Hall–Kier alpha value is -0.880. The lowest BCUT2D eigenvalue weighted by atomic mass is 9.97. The van der Waals surface area contributed by atoms with Gasteiger partial charge in [0.25, 0.3) is 0 Å². The van der Waals surface area contributed by atoms with Gasteiger partial charge >= 0.3 is 0 Å². The van der Waals surface area contributed by atoms with Crippen molar-refractivity contribution in [1.82, 2.24) is 0 Å². The lowest BCUT2D eigenvalue weighted by Gasteiger charge is -2.08. The van der Waals surface area contributed by atoms with Crippen LogP contribution in [0.1, 0.15) is 20.8 Å². The van der Waals surface area contributed by atoms with Crippen LogP contribution in [0.5, 0.6) is 0 Å². The van der Waals surface area contributed by atoms with E-state index in [-0.39, 0.29) is 5.41 Å². The van der Waals surface area contributed by atoms with Crippen molar-refractivity contribution in [3.05, 3.63) is 12.3 Å². The molecule has 2 heteroatoms. The van der Waals surface area contributed by atoms with Crippen LogP contribution < -0.4 is 0 Å². The first-order valence-corrected chi connectivity index (χ1v) is 2.81. The molecule has 0 N–H and O–H groups in total. The molecule has 0 aromatic rings. The minimum Gasteiger partial charge on any atom is -0.211 e. The second-order valence-corrected chi connectivity index (χ2v) is 2.90. The monoisotopic (exact) mass is 125 g/mol. The number of hydrogen-bond donors (Lipinski definition) is 0. The molecule has 0 aliphatic heterocycles. The zero-order valence-electron chi connectivity index (χ0n) is 6.01. The zero-order chi connectivity index (χ0) is 7.33. The summed E-state index contributed by atoms with van der Waals surface area (Å²) in [5, 5.41) is 0. The van der Waals surface area contributed by atoms with Gasteiger partial charge < -0.3 is 0 Å². The predicted molar refractivity (Wildman–Crippen MR) is 36.7 cm³/mol. The smallest absolute Gasteiger partial charge is 0.211 e. The van der Waals surface area contributed by atoms with Gasteiger partial charge in [-0.2, -0.15) is 4.99 Å². The topological polar surface area (TPSA) is 29.4 Å². The highest BCUT2D eigenvalue weighted by Gasteiger charge is 2.01. The van der Waals surface area contributed by atoms with Gasteiger partial charge in [-0.25, -0.2) is 4.79 Å². The van der Waals surface area contributed by atoms with E-state index >= 15 is 0 Å². The summed E-state index contributed by atoms with van der Waals surface area (Å²) >= 11 is 0. The first kappa shape index (κ1) is 8.12. The average molecular weight is 125 g/mol. The fourth-order valence-electron chi connectivity index (χ4n) is 0.291. The molecule has 0 fully saturated rings. The maximum atomic E-state index is 9.55. The Balaban J connectivity index is 3.85. The Morgan fingerprint density at radius 3 is 2.33 bits per heavy atom. The highest BCUT2D eigenvalue weighted by atomic mass is 16.1. The molecular formula is C7H11NO. The van der Waals surface area contributed by atoms with E-state index in [9.17, 15) is 4.79 Å². The molecule has 0 bridgehead atoms. The van der Waals surface area contributed by atoms with Crippen molar-refractivity contribution >= 4 is 6.08 Å². The molecule has 0 rings (SSSR count). The van der Waals surface area contributed by atoms with Gasteiger partial charge in [0.15, 0.2) is 0 Å². The molecule has 2 nitrogen and oxygen atoms in total. The van der Waals surface area contributed by atoms with Crippen molar-refractivity contribution in [2.75, 3.05) is 0 Å². The van der Waals surface area contributed by atoms with Gasteiger partial charge in [-0.1, -0.05) is 26.8 Å². The van der Waals surface area contributed by atoms with Crippen molar-refractivity contribution < 1.29 is 4.79 Å². The second kappa shape index (κ2) is 3.21. The van der Waals surface area contributed by atoms with Crippen LogP contribution in [0, 0.1) is 5.41 Å². The van der Waals surface area contributed by atoms with Gasteiger partial charge in [0.2, 0.25) is 6.08 Å². The standard InChI is InChI=1S/C7H11NO/c1-7(2,3)4-5-8-6-9/h4-5H,1-3H3. The lowest BCUT2D eigenvalue weighted by Crippen LogP contribution is -1.97.